The Labute approximate surface area is 97.9 Å². The van der Waals surface area contributed by atoms with Crippen molar-refractivity contribution >= 4 is 5.91 Å². The molecule has 0 aliphatic carbocycles. The molecule has 0 bridgehead atoms. The molecule has 0 aromatic rings. The molecule has 1 heterocycles. The Kier molecular flexibility index (Phi) is 5.22. The van der Waals surface area contributed by atoms with Crippen molar-refractivity contribution in [3.63, 3.8) is 0 Å². The van der Waals surface area contributed by atoms with E-state index in [1.54, 1.807) is 0 Å². The summed E-state index contributed by atoms with van der Waals surface area (Å²) in [5, 5.41) is 2.94. The molecule has 0 aromatic carbocycles. The minimum atomic E-state index is -0.0688. The minimum Gasteiger partial charge on any atom is -0.378 e. The maximum atomic E-state index is 11.5. The zero-order valence-electron chi connectivity index (χ0n) is 10.5. The molecule has 1 saturated heterocycles. The second kappa shape index (κ2) is 6.21. The standard InChI is InChI=1S/C12H24N2O2/c1-8(2)12-10(4-5-16-12)7-14-11(15)6-9(3)13/h8-10,12H,4-7,13H2,1-3H3,(H,14,15). The van der Waals surface area contributed by atoms with Gasteiger partial charge in [-0.3, -0.25) is 4.79 Å². The van der Waals surface area contributed by atoms with Crippen LogP contribution in [0, 0.1) is 11.8 Å². The van der Waals surface area contributed by atoms with Crippen LogP contribution in [0.3, 0.4) is 0 Å². The molecular formula is C12H24N2O2. The lowest BCUT2D eigenvalue weighted by Gasteiger charge is -2.22. The van der Waals surface area contributed by atoms with Crippen molar-refractivity contribution in [2.45, 2.75) is 45.8 Å². The highest BCUT2D eigenvalue weighted by Crippen LogP contribution is 2.25. The highest BCUT2D eigenvalue weighted by atomic mass is 16.5. The lowest BCUT2D eigenvalue weighted by atomic mass is 9.93. The molecule has 0 aromatic heterocycles. The van der Waals surface area contributed by atoms with E-state index in [1.165, 1.54) is 0 Å². The van der Waals surface area contributed by atoms with Crippen LogP contribution in [-0.2, 0) is 9.53 Å². The van der Waals surface area contributed by atoms with Crippen molar-refractivity contribution in [1.82, 2.24) is 5.32 Å². The number of carbonyl (C=O) groups excluding carboxylic acids is 1. The molecule has 94 valence electrons. The molecule has 16 heavy (non-hydrogen) atoms. The van der Waals surface area contributed by atoms with Crippen LogP contribution in [-0.4, -0.2) is 31.2 Å². The van der Waals surface area contributed by atoms with E-state index in [4.69, 9.17) is 10.5 Å². The van der Waals surface area contributed by atoms with Gasteiger partial charge in [-0.2, -0.15) is 0 Å². The maximum Gasteiger partial charge on any atom is 0.221 e. The van der Waals surface area contributed by atoms with E-state index in [9.17, 15) is 4.79 Å². The predicted molar refractivity (Wildman–Crippen MR) is 64.0 cm³/mol. The summed E-state index contributed by atoms with van der Waals surface area (Å²) in [7, 11) is 0. The van der Waals surface area contributed by atoms with Gasteiger partial charge in [-0.1, -0.05) is 13.8 Å². The smallest absolute Gasteiger partial charge is 0.221 e. The normalized spacial score (nSPS) is 27.1. The molecule has 1 aliphatic rings. The summed E-state index contributed by atoms with van der Waals surface area (Å²) in [6.45, 7) is 7.69. The zero-order valence-corrected chi connectivity index (χ0v) is 10.5. The Morgan fingerprint density at radius 1 is 1.50 bits per heavy atom. The van der Waals surface area contributed by atoms with Crippen molar-refractivity contribution in [3.8, 4) is 0 Å². The zero-order chi connectivity index (χ0) is 12.1. The van der Waals surface area contributed by atoms with Crippen molar-refractivity contribution < 1.29 is 9.53 Å². The molecule has 1 amide bonds. The molecule has 0 saturated carbocycles. The van der Waals surface area contributed by atoms with Crippen LogP contribution in [0.1, 0.15) is 33.6 Å². The molecule has 1 rings (SSSR count). The number of ether oxygens (including phenoxy) is 1. The van der Waals surface area contributed by atoms with Gasteiger partial charge in [0.2, 0.25) is 5.91 Å². The third-order valence-corrected chi connectivity index (χ3v) is 2.99. The molecule has 3 atom stereocenters. The topological polar surface area (TPSA) is 64.4 Å². The fourth-order valence-corrected chi connectivity index (χ4v) is 2.22. The van der Waals surface area contributed by atoms with Crippen molar-refractivity contribution in [2.75, 3.05) is 13.2 Å². The van der Waals surface area contributed by atoms with Gasteiger partial charge < -0.3 is 15.8 Å². The second-order valence-electron chi connectivity index (χ2n) is 5.11. The van der Waals surface area contributed by atoms with Gasteiger partial charge in [0.15, 0.2) is 0 Å². The average Bonchev–Trinajstić information content (AvgIpc) is 2.61. The Balaban J connectivity index is 2.29. The number of nitrogens with two attached hydrogens (primary N) is 1. The number of nitrogens with one attached hydrogen (secondary N) is 1. The van der Waals surface area contributed by atoms with Crippen LogP contribution >= 0.6 is 0 Å². The SMILES string of the molecule is CC(N)CC(=O)NCC1CCOC1C(C)C. The summed E-state index contributed by atoms with van der Waals surface area (Å²) < 4.78 is 5.66. The van der Waals surface area contributed by atoms with Gasteiger partial charge in [0.25, 0.3) is 0 Å². The molecule has 3 N–H and O–H groups in total. The lowest BCUT2D eigenvalue weighted by molar-refractivity contribution is -0.121. The first-order chi connectivity index (χ1) is 7.50. The first-order valence-electron chi connectivity index (χ1n) is 6.14. The van der Waals surface area contributed by atoms with Crippen LogP contribution in [0.4, 0.5) is 0 Å². The third kappa shape index (κ3) is 4.10. The molecule has 1 fully saturated rings. The summed E-state index contributed by atoms with van der Waals surface area (Å²) in [6, 6.07) is -0.0688. The number of rotatable bonds is 5. The number of carbonyl (C=O) groups is 1. The Morgan fingerprint density at radius 3 is 2.75 bits per heavy atom. The molecule has 0 spiro atoms. The van der Waals surface area contributed by atoms with Crippen LogP contribution < -0.4 is 11.1 Å². The maximum absolute atomic E-state index is 11.5. The van der Waals surface area contributed by atoms with E-state index >= 15 is 0 Å². The highest BCUT2D eigenvalue weighted by Gasteiger charge is 2.30. The molecule has 4 heteroatoms. The minimum absolute atomic E-state index is 0.0457. The van der Waals surface area contributed by atoms with E-state index < -0.39 is 0 Å². The van der Waals surface area contributed by atoms with E-state index in [2.05, 4.69) is 19.2 Å². The third-order valence-electron chi connectivity index (χ3n) is 2.99. The monoisotopic (exact) mass is 228 g/mol. The van der Waals surface area contributed by atoms with Crippen molar-refractivity contribution in [3.05, 3.63) is 0 Å². The van der Waals surface area contributed by atoms with Crippen molar-refractivity contribution in [1.29, 1.82) is 0 Å². The van der Waals surface area contributed by atoms with E-state index in [-0.39, 0.29) is 18.1 Å². The van der Waals surface area contributed by atoms with Gasteiger partial charge in [-0.15, -0.1) is 0 Å². The van der Waals surface area contributed by atoms with E-state index in [1.807, 2.05) is 6.92 Å². The Hall–Kier alpha value is -0.610. The summed E-state index contributed by atoms with van der Waals surface area (Å²) in [5.74, 6) is 1.01. The quantitative estimate of drug-likeness (QED) is 0.735. The molecule has 0 radical (unpaired) electrons. The van der Waals surface area contributed by atoms with E-state index in [0.717, 1.165) is 13.0 Å². The first kappa shape index (κ1) is 13.5. The van der Waals surface area contributed by atoms with Crippen LogP contribution in [0.2, 0.25) is 0 Å². The fraction of sp³-hybridized carbons (Fsp3) is 0.917. The van der Waals surface area contributed by atoms with Crippen LogP contribution in [0.5, 0.6) is 0 Å². The van der Waals surface area contributed by atoms with Crippen molar-refractivity contribution in [2.24, 2.45) is 17.6 Å². The summed E-state index contributed by atoms with van der Waals surface area (Å²) in [6.07, 6.45) is 1.73. The number of hydrogen-bond donors (Lipinski definition) is 2. The van der Waals surface area contributed by atoms with Gasteiger partial charge in [0.05, 0.1) is 6.10 Å². The fourth-order valence-electron chi connectivity index (χ4n) is 2.22. The molecule has 4 nitrogen and oxygen atoms in total. The van der Waals surface area contributed by atoms with Gasteiger partial charge in [0.1, 0.15) is 0 Å². The lowest BCUT2D eigenvalue weighted by Crippen LogP contribution is -2.36. The summed E-state index contributed by atoms with van der Waals surface area (Å²) in [5.41, 5.74) is 5.57. The molecule has 1 aliphatic heterocycles. The number of amides is 1. The number of hydrogen-bond acceptors (Lipinski definition) is 3. The predicted octanol–water partition coefficient (Wildman–Crippen LogP) is 0.901. The second-order valence-corrected chi connectivity index (χ2v) is 5.11. The van der Waals surface area contributed by atoms with E-state index in [0.29, 0.717) is 24.8 Å². The van der Waals surface area contributed by atoms with Gasteiger partial charge in [-0.25, -0.2) is 0 Å². The largest absolute Gasteiger partial charge is 0.378 e. The summed E-state index contributed by atoms with van der Waals surface area (Å²) >= 11 is 0. The van der Waals surface area contributed by atoms with Crippen LogP contribution in [0.15, 0.2) is 0 Å². The molecule has 3 unspecified atom stereocenters. The van der Waals surface area contributed by atoms with Gasteiger partial charge in [-0.05, 0) is 19.3 Å². The highest BCUT2D eigenvalue weighted by molar-refractivity contribution is 5.76. The Bertz CT molecular complexity index is 229. The van der Waals surface area contributed by atoms with Gasteiger partial charge >= 0.3 is 0 Å². The average molecular weight is 228 g/mol. The molecular weight excluding hydrogens is 204 g/mol. The van der Waals surface area contributed by atoms with Gasteiger partial charge in [0, 0.05) is 31.5 Å². The Morgan fingerprint density at radius 2 is 2.19 bits per heavy atom. The first-order valence-corrected chi connectivity index (χ1v) is 6.14. The van der Waals surface area contributed by atoms with Crippen LogP contribution in [0.25, 0.3) is 0 Å². The summed E-state index contributed by atoms with van der Waals surface area (Å²) in [4.78, 5) is 11.5.